The number of hydrogen-bond donors (Lipinski definition) is 1. The van der Waals surface area contributed by atoms with Gasteiger partial charge in [-0.1, -0.05) is 62.2 Å². The van der Waals surface area contributed by atoms with Gasteiger partial charge >= 0.3 is 5.97 Å². The average molecular weight is 335 g/mol. The molecule has 1 aromatic heterocycles. The van der Waals surface area contributed by atoms with Gasteiger partial charge < -0.3 is 5.11 Å². The van der Waals surface area contributed by atoms with Crippen LogP contribution in [-0.4, -0.2) is 16.1 Å². The molecule has 3 heteroatoms. The monoisotopic (exact) mass is 335 g/mol. The van der Waals surface area contributed by atoms with E-state index in [4.69, 9.17) is 0 Å². The Kier molecular flexibility index (Phi) is 7.15. The summed E-state index contributed by atoms with van der Waals surface area (Å²) in [6.45, 7) is 4.06. The van der Waals surface area contributed by atoms with Gasteiger partial charge in [0, 0.05) is 17.5 Å². The lowest BCUT2D eigenvalue weighted by atomic mass is 10.0. The van der Waals surface area contributed by atoms with Gasteiger partial charge in [0.1, 0.15) is 0 Å². The predicted octanol–water partition coefficient (Wildman–Crippen LogP) is 5.53. The van der Waals surface area contributed by atoms with Crippen molar-refractivity contribution >= 4 is 11.5 Å². The van der Waals surface area contributed by atoms with E-state index in [9.17, 15) is 9.90 Å². The van der Waals surface area contributed by atoms with Crippen LogP contribution in [0.5, 0.6) is 0 Å². The standard InChI is InChI=1S/C22H25NO2/c1-3-5-7-8-20-15-14-19(16-23-20)17-10-12-18(13-11-17)21(22(24)25)9-6-4-2/h4,6,9-16H,3,5,7-8H2,1-2H3,(H,24,25)/b6-4+,21-9+. The van der Waals surface area contributed by atoms with Crippen molar-refractivity contribution in [2.45, 2.75) is 39.5 Å². The summed E-state index contributed by atoms with van der Waals surface area (Å²) in [6, 6.07) is 11.7. The summed E-state index contributed by atoms with van der Waals surface area (Å²) >= 11 is 0. The number of pyridine rings is 1. The van der Waals surface area contributed by atoms with Crippen molar-refractivity contribution in [3.63, 3.8) is 0 Å². The normalized spacial score (nSPS) is 11.8. The van der Waals surface area contributed by atoms with Crippen LogP contribution in [0.3, 0.4) is 0 Å². The summed E-state index contributed by atoms with van der Waals surface area (Å²) in [5.74, 6) is -0.927. The summed E-state index contributed by atoms with van der Waals surface area (Å²) in [4.78, 5) is 15.9. The summed E-state index contributed by atoms with van der Waals surface area (Å²) in [5.41, 5.74) is 4.18. The first-order valence-corrected chi connectivity index (χ1v) is 8.77. The van der Waals surface area contributed by atoms with Crippen molar-refractivity contribution in [2.24, 2.45) is 0 Å². The molecule has 0 bridgehead atoms. The van der Waals surface area contributed by atoms with Crippen LogP contribution in [0.15, 0.2) is 60.8 Å². The topological polar surface area (TPSA) is 50.2 Å². The number of allylic oxidation sites excluding steroid dienone is 3. The van der Waals surface area contributed by atoms with Gasteiger partial charge in [0.25, 0.3) is 0 Å². The molecular formula is C22H25NO2. The molecule has 0 atom stereocenters. The van der Waals surface area contributed by atoms with Crippen LogP contribution in [0.2, 0.25) is 0 Å². The number of carboxylic acids is 1. The minimum Gasteiger partial charge on any atom is -0.478 e. The largest absolute Gasteiger partial charge is 0.478 e. The zero-order valence-electron chi connectivity index (χ0n) is 14.9. The van der Waals surface area contributed by atoms with E-state index in [2.05, 4.69) is 24.0 Å². The van der Waals surface area contributed by atoms with Gasteiger partial charge in [-0.25, -0.2) is 4.79 Å². The predicted molar refractivity (Wildman–Crippen MR) is 103 cm³/mol. The number of nitrogens with zero attached hydrogens (tertiary/aromatic N) is 1. The lowest BCUT2D eigenvalue weighted by molar-refractivity contribution is -0.130. The van der Waals surface area contributed by atoms with Crippen molar-refractivity contribution < 1.29 is 9.90 Å². The second-order valence-electron chi connectivity index (χ2n) is 5.98. The Morgan fingerprint density at radius 1 is 1.08 bits per heavy atom. The molecule has 0 aliphatic carbocycles. The number of aromatic nitrogens is 1. The minimum absolute atomic E-state index is 0.286. The van der Waals surface area contributed by atoms with Crippen molar-refractivity contribution in [3.8, 4) is 11.1 Å². The molecule has 0 fully saturated rings. The minimum atomic E-state index is -0.927. The van der Waals surface area contributed by atoms with E-state index in [-0.39, 0.29) is 5.57 Å². The molecule has 1 aromatic carbocycles. The van der Waals surface area contributed by atoms with Crippen molar-refractivity contribution in [1.29, 1.82) is 0 Å². The highest BCUT2D eigenvalue weighted by atomic mass is 16.4. The number of unbranched alkanes of at least 4 members (excludes halogenated alkanes) is 2. The van der Waals surface area contributed by atoms with Crippen LogP contribution >= 0.6 is 0 Å². The van der Waals surface area contributed by atoms with Gasteiger partial charge in [0.15, 0.2) is 0 Å². The van der Waals surface area contributed by atoms with E-state index in [0.29, 0.717) is 5.56 Å². The molecule has 1 N–H and O–H groups in total. The Morgan fingerprint density at radius 3 is 2.36 bits per heavy atom. The van der Waals surface area contributed by atoms with Crippen LogP contribution in [0.4, 0.5) is 0 Å². The lowest BCUT2D eigenvalue weighted by Crippen LogP contribution is -1.99. The summed E-state index contributed by atoms with van der Waals surface area (Å²) in [6.07, 6.45) is 11.7. The second-order valence-corrected chi connectivity index (χ2v) is 5.98. The first-order valence-electron chi connectivity index (χ1n) is 8.77. The third-order valence-electron chi connectivity index (χ3n) is 4.08. The Morgan fingerprint density at radius 2 is 1.80 bits per heavy atom. The molecule has 0 amide bonds. The Hall–Kier alpha value is -2.68. The van der Waals surface area contributed by atoms with Crippen LogP contribution < -0.4 is 0 Å². The summed E-state index contributed by atoms with van der Waals surface area (Å²) in [5, 5.41) is 9.35. The second kappa shape index (κ2) is 9.58. The molecule has 0 spiro atoms. The van der Waals surface area contributed by atoms with Gasteiger partial charge in [0.2, 0.25) is 0 Å². The summed E-state index contributed by atoms with van der Waals surface area (Å²) < 4.78 is 0. The molecular weight excluding hydrogens is 310 g/mol. The first kappa shape index (κ1) is 18.7. The quantitative estimate of drug-likeness (QED) is 0.392. The number of carboxylic acid groups (broad SMARTS) is 1. The molecule has 2 aromatic rings. The number of carbonyl (C=O) groups is 1. The Bertz CT molecular complexity index is 741. The molecule has 3 nitrogen and oxygen atoms in total. The fraction of sp³-hybridized carbons (Fsp3) is 0.273. The highest BCUT2D eigenvalue weighted by molar-refractivity contribution is 6.15. The van der Waals surface area contributed by atoms with Crippen molar-refractivity contribution in [2.75, 3.05) is 0 Å². The average Bonchev–Trinajstić information content (AvgIpc) is 2.63. The number of hydrogen-bond acceptors (Lipinski definition) is 2. The highest BCUT2D eigenvalue weighted by Gasteiger charge is 2.09. The van der Waals surface area contributed by atoms with Crippen molar-refractivity contribution in [1.82, 2.24) is 4.98 Å². The van der Waals surface area contributed by atoms with E-state index >= 15 is 0 Å². The molecule has 0 unspecified atom stereocenters. The van der Waals surface area contributed by atoms with E-state index in [0.717, 1.165) is 23.2 Å². The van der Waals surface area contributed by atoms with E-state index < -0.39 is 5.97 Å². The van der Waals surface area contributed by atoms with E-state index in [1.165, 1.54) is 19.3 Å². The van der Waals surface area contributed by atoms with Gasteiger partial charge in [-0.2, -0.15) is 0 Å². The Balaban J connectivity index is 2.15. The highest BCUT2D eigenvalue weighted by Crippen LogP contribution is 2.23. The van der Waals surface area contributed by atoms with E-state index in [1.54, 1.807) is 12.2 Å². The molecule has 0 aliphatic rings. The van der Waals surface area contributed by atoms with Gasteiger partial charge in [-0.05, 0) is 43.0 Å². The number of rotatable bonds is 8. The lowest BCUT2D eigenvalue weighted by Gasteiger charge is -2.06. The molecule has 25 heavy (non-hydrogen) atoms. The molecule has 130 valence electrons. The van der Waals surface area contributed by atoms with Gasteiger partial charge in [-0.3, -0.25) is 4.98 Å². The van der Waals surface area contributed by atoms with Gasteiger partial charge in [-0.15, -0.1) is 0 Å². The smallest absolute Gasteiger partial charge is 0.336 e. The fourth-order valence-electron chi connectivity index (χ4n) is 2.62. The first-order chi connectivity index (χ1) is 12.2. The van der Waals surface area contributed by atoms with Crippen LogP contribution in [0, 0.1) is 0 Å². The maximum Gasteiger partial charge on any atom is 0.336 e. The van der Waals surface area contributed by atoms with Gasteiger partial charge in [0.05, 0.1) is 5.57 Å². The Labute approximate surface area is 149 Å². The number of aryl methyl sites for hydroxylation is 1. The number of aliphatic carboxylic acids is 1. The van der Waals surface area contributed by atoms with Crippen molar-refractivity contribution in [3.05, 3.63) is 72.1 Å². The zero-order chi connectivity index (χ0) is 18.1. The maximum atomic E-state index is 11.4. The van der Waals surface area contributed by atoms with Crippen LogP contribution in [0.1, 0.15) is 44.4 Å². The number of benzene rings is 1. The third-order valence-corrected chi connectivity index (χ3v) is 4.08. The van der Waals surface area contributed by atoms with E-state index in [1.807, 2.05) is 43.5 Å². The zero-order valence-corrected chi connectivity index (χ0v) is 14.9. The molecule has 0 aliphatic heterocycles. The molecule has 0 radical (unpaired) electrons. The molecule has 1 heterocycles. The molecule has 0 saturated heterocycles. The fourth-order valence-corrected chi connectivity index (χ4v) is 2.62. The van der Waals surface area contributed by atoms with Crippen LogP contribution in [-0.2, 0) is 11.2 Å². The maximum absolute atomic E-state index is 11.4. The molecule has 0 saturated carbocycles. The van der Waals surface area contributed by atoms with Crippen LogP contribution in [0.25, 0.3) is 16.7 Å². The summed E-state index contributed by atoms with van der Waals surface area (Å²) in [7, 11) is 0. The third kappa shape index (κ3) is 5.42. The molecule has 2 rings (SSSR count). The SMILES string of the molecule is C/C=C/C=C(/C(=O)O)c1ccc(-c2ccc(CCCCC)nc2)cc1.